The van der Waals surface area contributed by atoms with Crippen LogP contribution in [-0.4, -0.2) is 36.7 Å². The number of para-hydroxylation sites is 1. The first-order valence-corrected chi connectivity index (χ1v) is 9.36. The largest absolute Gasteiger partial charge is 0.481 e. The van der Waals surface area contributed by atoms with E-state index in [1.165, 1.54) is 13.3 Å². The number of hydrogen-bond donors (Lipinski definition) is 2. The van der Waals surface area contributed by atoms with Crippen molar-refractivity contribution in [3.05, 3.63) is 29.3 Å². The standard InChI is InChI=1S/C20H28N2O5/c1-13-8-7-9-14(2)18(13)26-12-17(23)27-15(3)19(24)22-20(25)21-16-10-5-4-6-11-16/h7-9,15-16H,4-6,10-12H2,1-3H3,(H2,21,22,24,25)/t15-/m0/s1. The smallest absolute Gasteiger partial charge is 0.344 e. The third-order valence-electron chi connectivity index (χ3n) is 4.60. The highest BCUT2D eigenvalue weighted by Crippen LogP contribution is 2.22. The molecule has 1 aliphatic rings. The monoisotopic (exact) mass is 376 g/mol. The number of rotatable bonds is 6. The molecule has 7 heteroatoms. The molecular formula is C20H28N2O5. The molecule has 0 saturated heterocycles. The van der Waals surface area contributed by atoms with E-state index in [0.29, 0.717) is 5.75 Å². The predicted molar refractivity (Wildman–Crippen MR) is 101 cm³/mol. The zero-order chi connectivity index (χ0) is 19.8. The Morgan fingerprint density at radius 3 is 2.37 bits per heavy atom. The second-order valence-electron chi connectivity index (χ2n) is 6.94. The van der Waals surface area contributed by atoms with E-state index in [0.717, 1.165) is 36.8 Å². The molecule has 7 nitrogen and oxygen atoms in total. The first kappa shape index (κ1) is 20.7. The molecule has 2 N–H and O–H groups in total. The van der Waals surface area contributed by atoms with Gasteiger partial charge in [-0.05, 0) is 44.7 Å². The summed E-state index contributed by atoms with van der Waals surface area (Å²) in [6.45, 7) is 4.88. The van der Waals surface area contributed by atoms with Crippen LogP contribution in [0.15, 0.2) is 18.2 Å². The lowest BCUT2D eigenvalue weighted by molar-refractivity contribution is -0.156. The SMILES string of the molecule is Cc1cccc(C)c1OCC(=O)O[C@@H](C)C(=O)NC(=O)NC1CCCCC1. The molecule has 0 aliphatic heterocycles. The van der Waals surface area contributed by atoms with E-state index in [1.54, 1.807) is 0 Å². The normalized spacial score (nSPS) is 15.5. The number of urea groups is 1. The number of amides is 3. The Labute approximate surface area is 159 Å². The second-order valence-corrected chi connectivity index (χ2v) is 6.94. The molecular weight excluding hydrogens is 348 g/mol. The molecule has 1 aromatic carbocycles. The van der Waals surface area contributed by atoms with Crippen molar-refractivity contribution in [3.8, 4) is 5.75 Å². The maximum Gasteiger partial charge on any atom is 0.344 e. The van der Waals surface area contributed by atoms with Gasteiger partial charge in [-0.1, -0.05) is 37.5 Å². The molecule has 1 saturated carbocycles. The van der Waals surface area contributed by atoms with Gasteiger partial charge in [-0.2, -0.15) is 0 Å². The number of nitrogens with one attached hydrogen (secondary N) is 2. The molecule has 1 atom stereocenters. The van der Waals surface area contributed by atoms with Crippen LogP contribution >= 0.6 is 0 Å². The van der Waals surface area contributed by atoms with E-state index >= 15 is 0 Å². The minimum absolute atomic E-state index is 0.0927. The van der Waals surface area contributed by atoms with Gasteiger partial charge in [-0.15, -0.1) is 0 Å². The lowest BCUT2D eigenvalue weighted by atomic mass is 9.96. The van der Waals surface area contributed by atoms with Gasteiger partial charge in [0.15, 0.2) is 12.7 Å². The summed E-state index contributed by atoms with van der Waals surface area (Å²) in [5, 5.41) is 5.00. The first-order chi connectivity index (χ1) is 12.9. The van der Waals surface area contributed by atoms with Crippen molar-refractivity contribution in [3.63, 3.8) is 0 Å². The molecule has 3 amide bonds. The summed E-state index contributed by atoms with van der Waals surface area (Å²) in [4.78, 5) is 35.8. The van der Waals surface area contributed by atoms with Gasteiger partial charge in [0.1, 0.15) is 5.75 Å². The van der Waals surface area contributed by atoms with Gasteiger partial charge in [0.25, 0.3) is 5.91 Å². The van der Waals surface area contributed by atoms with Crippen LogP contribution in [0.1, 0.15) is 50.2 Å². The third kappa shape index (κ3) is 6.58. The Bertz CT molecular complexity index is 663. The second kappa shape index (κ2) is 9.94. The van der Waals surface area contributed by atoms with E-state index in [-0.39, 0.29) is 12.6 Å². The van der Waals surface area contributed by atoms with Gasteiger partial charge in [0, 0.05) is 6.04 Å². The van der Waals surface area contributed by atoms with Crippen molar-refractivity contribution in [2.45, 2.75) is 65.0 Å². The van der Waals surface area contributed by atoms with E-state index < -0.39 is 24.0 Å². The van der Waals surface area contributed by atoms with Gasteiger partial charge in [0.2, 0.25) is 0 Å². The summed E-state index contributed by atoms with van der Waals surface area (Å²) in [5.74, 6) is -0.713. The zero-order valence-corrected chi connectivity index (χ0v) is 16.2. The number of imide groups is 1. The maximum absolute atomic E-state index is 12.0. The van der Waals surface area contributed by atoms with E-state index in [4.69, 9.17) is 9.47 Å². The average Bonchev–Trinajstić information content (AvgIpc) is 2.62. The lowest BCUT2D eigenvalue weighted by Crippen LogP contribution is -2.48. The number of aryl methyl sites for hydroxylation is 2. The number of hydrogen-bond acceptors (Lipinski definition) is 5. The molecule has 1 aromatic rings. The van der Waals surface area contributed by atoms with Crippen molar-refractivity contribution in [2.75, 3.05) is 6.61 Å². The highest BCUT2D eigenvalue weighted by molar-refractivity contribution is 5.97. The van der Waals surface area contributed by atoms with E-state index in [2.05, 4.69) is 10.6 Å². The number of ether oxygens (including phenoxy) is 2. The quantitative estimate of drug-likeness (QED) is 0.745. The summed E-state index contributed by atoms with van der Waals surface area (Å²) in [7, 11) is 0. The number of esters is 1. The molecule has 1 aliphatic carbocycles. The van der Waals surface area contributed by atoms with Crippen molar-refractivity contribution in [2.24, 2.45) is 0 Å². The summed E-state index contributed by atoms with van der Waals surface area (Å²) in [6, 6.07) is 5.21. The molecule has 0 bridgehead atoms. The van der Waals surface area contributed by atoms with Crippen molar-refractivity contribution >= 4 is 17.9 Å². The predicted octanol–water partition coefficient (Wildman–Crippen LogP) is 2.77. The Hall–Kier alpha value is -2.57. The summed E-state index contributed by atoms with van der Waals surface area (Å²) >= 11 is 0. The van der Waals surface area contributed by atoms with Crippen LogP contribution in [0.5, 0.6) is 5.75 Å². The van der Waals surface area contributed by atoms with Crippen LogP contribution in [-0.2, 0) is 14.3 Å². The van der Waals surface area contributed by atoms with Gasteiger partial charge in [0.05, 0.1) is 0 Å². The Morgan fingerprint density at radius 1 is 1.11 bits per heavy atom. The Kier molecular flexibility index (Phi) is 7.64. The molecule has 0 spiro atoms. The average molecular weight is 376 g/mol. The van der Waals surface area contributed by atoms with Crippen molar-refractivity contribution in [1.29, 1.82) is 0 Å². The highest BCUT2D eigenvalue weighted by atomic mass is 16.6. The highest BCUT2D eigenvalue weighted by Gasteiger charge is 2.22. The number of carbonyl (C=O) groups is 3. The lowest BCUT2D eigenvalue weighted by Gasteiger charge is -2.23. The summed E-state index contributed by atoms with van der Waals surface area (Å²) in [5.41, 5.74) is 1.82. The summed E-state index contributed by atoms with van der Waals surface area (Å²) < 4.78 is 10.6. The summed E-state index contributed by atoms with van der Waals surface area (Å²) in [6.07, 6.45) is 4.08. The first-order valence-electron chi connectivity index (χ1n) is 9.36. The van der Waals surface area contributed by atoms with Gasteiger partial charge >= 0.3 is 12.0 Å². The fourth-order valence-corrected chi connectivity index (χ4v) is 3.12. The van der Waals surface area contributed by atoms with E-state index in [9.17, 15) is 14.4 Å². The maximum atomic E-state index is 12.0. The Balaban J connectivity index is 1.74. The zero-order valence-electron chi connectivity index (χ0n) is 16.2. The molecule has 0 radical (unpaired) electrons. The minimum Gasteiger partial charge on any atom is -0.481 e. The van der Waals surface area contributed by atoms with Gasteiger partial charge in [-0.25, -0.2) is 9.59 Å². The topological polar surface area (TPSA) is 93.7 Å². The van der Waals surface area contributed by atoms with Crippen LogP contribution in [0.4, 0.5) is 4.79 Å². The molecule has 1 fully saturated rings. The fraction of sp³-hybridized carbons (Fsp3) is 0.550. The number of benzene rings is 1. The Morgan fingerprint density at radius 2 is 1.74 bits per heavy atom. The van der Waals surface area contributed by atoms with E-state index in [1.807, 2.05) is 32.0 Å². The molecule has 27 heavy (non-hydrogen) atoms. The molecule has 148 valence electrons. The molecule has 0 heterocycles. The number of carbonyl (C=O) groups excluding carboxylic acids is 3. The van der Waals surface area contributed by atoms with Crippen LogP contribution in [0.25, 0.3) is 0 Å². The van der Waals surface area contributed by atoms with Crippen LogP contribution in [0.3, 0.4) is 0 Å². The third-order valence-corrected chi connectivity index (χ3v) is 4.60. The molecule has 0 unspecified atom stereocenters. The minimum atomic E-state index is -1.09. The van der Waals surface area contributed by atoms with Crippen LogP contribution < -0.4 is 15.4 Å². The molecule has 0 aromatic heterocycles. The van der Waals surface area contributed by atoms with Crippen molar-refractivity contribution in [1.82, 2.24) is 10.6 Å². The fourth-order valence-electron chi connectivity index (χ4n) is 3.12. The van der Waals surface area contributed by atoms with Gasteiger partial charge < -0.3 is 14.8 Å². The van der Waals surface area contributed by atoms with Crippen LogP contribution in [0, 0.1) is 13.8 Å². The van der Waals surface area contributed by atoms with Crippen molar-refractivity contribution < 1.29 is 23.9 Å². The molecule has 2 rings (SSSR count). The van der Waals surface area contributed by atoms with Gasteiger partial charge in [-0.3, -0.25) is 10.1 Å². The van der Waals surface area contributed by atoms with Crippen LogP contribution in [0.2, 0.25) is 0 Å².